The first-order valence-electron chi connectivity index (χ1n) is 9.22. The zero-order chi connectivity index (χ0) is 20.3. The lowest BCUT2D eigenvalue weighted by Gasteiger charge is -2.22. The Bertz CT molecular complexity index is 952. The number of rotatable bonds is 6. The molecule has 0 radical (unpaired) electrons. The molecule has 1 aromatic heterocycles. The molecular formula is C22H23ClFN3O. The SMILES string of the molecule is Cc1nn(-c2ccc(F)cc2)c(Cl)c1C(=O)NCC(c1ccccc1)C(C)C. The van der Waals surface area contributed by atoms with E-state index < -0.39 is 0 Å². The van der Waals surface area contributed by atoms with Gasteiger partial charge in [0.1, 0.15) is 11.0 Å². The summed E-state index contributed by atoms with van der Waals surface area (Å²) in [6, 6.07) is 15.9. The summed E-state index contributed by atoms with van der Waals surface area (Å²) < 4.78 is 14.6. The van der Waals surface area contributed by atoms with Crippen molar-refractivity contribution in [3.05, 3.63) is 82.4 Å². The highest BCUT2D eigenvalue weighted by Gasteiger charge is 2.23. The summed E-state index contributed by atoms with van der Waals surface area (Å²) >= 11 is 6.44. The lowest BCUT2D eigenvalue weighted by molar-refractivity contribution is 0.0948. The van der Waals surface area contributed by atoms with Crippen LogP contribution in [0, 0.1) is 18.7 Å². The first-order chi connectivity index (χ1) is 13.4. The maximum absolute atomic E-state index is 13.2. The number of hydrogen-bond acceptors (Lipinski definition) is 2. The van der Waals surface area contributed by atoms with E-state index in [1.54, 1.807) is 19.1 Å². The van der Waals surface area contributed by atoms with Gasteiger partial charge in [0.25, 0.3) is 5.91 Å². The minimum atomic E-state index is -0.345. The molecule has 1 atom stereocenters. The Labute approximate surface area is 169 Å². The number of hydrogen-bond donors (Lipinski definition) is 1. The van der Waals surface area contributed by atoms with Crippen molar-refractivity contribution in [2.24, 2.45) is 5.92 Å². The third kappa shape index (κ3) is 4.25. The monoisotopic (exact) mass is 399 g/mol. The zero-order valence-corrected chi connectivity index (χ0v) is 16.9. The fraction of sp³-hybridized carbons (Fsp3) is 0.273. The second-order valence-corrected chi connectivity index (χ2v) is 7.47. The lowest BCUT2D eigenvalue weighted by atomic mass is 9.88. The summed E-state index contributed by atoms with van der Waals surface area (Å²) in [6.45, 7) is 6.50. The highest BCUT2D eigenvalue weighted by atomic mass is 35.5. The summed E-state index contributed by atoms with van der Waals surface area (Å²) in [7, 11) is 0. The van der Waals surface area contributed by atoms with Gasteiger partial charge in [0, 0.05) is 12.5 Å². The highest BCUT2D eigenvalue weighted by molar-refractivity contribution is 6.33. The van der Waals surface area contributed by atoms with Crippen molar-refractivity contribution in [3.8, 4) is 5.69 Å². The van der Waals surface area contributed by atoms with Crippen LogP contribution in [0.1, 0.15) is 41.4 Å². The third-order valence-corrected chi connectivity index (χ3v) is 5.17. The normalized spacial score (nSPS) is 12.2. The van der Waals surface area contributed by atoms with Crippen LogP contribution < -0.4 is 5.32 Å². The van der Waals surface area contributed by atoms with E-state index in [4.69, 9.17) is 11.6 Å². The van der Waals surface area contributed by atoms with Gasteiger partial charge < -0.3 is 5.32 Å². The first kappa shape index (κ1) is 20.1. The highest BCUT2D eigenvalue weighted by Crippen LogP contribution is 2.26. The molecule has 3 rings (SSSR count). The van der Waals surface area contributed by atoms with E-state index in [-0.39, 0.29) is 22.8 Å². The average molecular weight is 400 g/mol. The smallest absolute Gasteiger partial charge is 0.256 e. The number of nitrogens with one attached hydrogen (secondary N) is 1. The molecule has 1 heterocycles. The van der Waals surface area contributed by atoms with Gasteiger partial charge in [-0.15, -0.1) is 0 Å². The Hall–Kier alpha value is -2.66. The molecule has 146 valence electrons. The molecule has 1 N–H and O–H groups in total. The van der Waals surface area contributed by atoms with E-state index in [9.17, 15) is 9.18 Å². The zero-order valence-electron chi connectivity index (χ0n) is 16.1. The third-order valence-electron chi connectivity index (χ3n) is 4.82. The number of benzene rings is 2. The largest absolute Gasteiger partial charge is 0.351 e. The van der Waals surface area contributed by atoms with Gasteiger partial charge in [0.2, 0.25) is 0 Å². The molecule has 0 bridgehead atoms. The van der Waals surface area contributed by atoms with Gasteiger partial charge >= 0.3 is 0 Å². The molecule has 0 aliphatic carbocycles. The van der Waals surface area contributed by atoms with Crippen molar-refractivity contribution in [2.75, 3.05) is 6.54 Å². The van der Waals surface area contributed by atoms with Crippen LogP contribution in [0.2, 0.25) is 5.15 Å². The minimum Gasteiger partial charge on any atom is -0.351 e. The molecule has 6 heteroatoms. The van der Waals surface area contributed by atoms with Gasteiger partial charge in [-0.25, -0.2) is 9.07 Å². The molecular weight excluding hydrogens is 377 g/mol. The number of carbonyl (C=O) groups is 1. The van der Waals surface area contributed by atoms with Crippen LogP contribution in [0.3, 0.4) is 0 Å². The van der Waals surface area contributed by atoms with Crippen molar-refractivity contribution in [1.29, 1.82) is 0 Å². The summed E-state index contributed by atoms with van der Waals surface area (Å²) in [5, 5.41) is 7.56. The number of aromatic nitrogens is 2. The molecule has 3 aromatic rings. The fourth-order valence-corrected chi connectivity index (χ4v) is 3.60. The predicted octanol–water partition coefficient (Wildman–Crippen LogP) is 5.14. The van der Waals surface area contributed by atoms with E-state index in [1.165, 1.54) is 22.4 Å². The van der Waals surface area contributed by atoms with Crippen molar-refractivity contribution in [2.45, 2.75) is 26.7 Å². The molecule has 0 spiro atoms. The van der Waals surface area contributed by atoms with Crippen LogP contribution in [-0.4, -0.2) is 22.2 Å². The molecule has 0 saturated carbocycles. The van der Waals surface area contributed by atoms with E-state index in [0.717, 1.165) is 0 Å². The predicted molar refractivity (Wildman–Crippen MR) is 110 cm³/mol. The second-order valence-electron chi connectivity index (χ2n) is 7.11. The van der Waals surface area contributed by atoms with E-state index in [2.05, 4.69) is 36.4 Å². The molecule has 0 fully saturated rings. The van der Waals surface area contributed by atoms with Gasteiger partial charge in [0.15, 0.2) is 0 Å². The Kier molecular flexibility index (Phi) is 6.15. The van der Waals surface area contributed by atoms with Crippen LogP contribution in [0.25, 0.3) is 5.69 Å². The molecule has 0 aliphatic rings. The molecule has 0 aliphatic heterocycles. The Morgan fingerprint density at radius 3 is 2.39 bits per heavy atom. The summed E-state index contributed by atoms with van der Waals surface area (Å²) in [5.74, 6) is -0.0580. The number of carbonyl (C=O) groups excluding carboxylic acids is 1. The number of halogens is 2. The van der Waals surface area contributed by atoms with Gasteiger partial charge in [0.05, 0.1) is 16.9 Å². The van der Waals surface area contributed by atoms with Gasteiger partial charge in [-0.3, -0.25) is 4.79 Å². The fourth-order valence-electron chi connectivity index (χ4n) is 3.24. The number of aryl methyl sites for hydroxylation is 1. The summed E-state index contributed by atoms with van der Waals surface area (Å²) in [4.78, 5) is 12.8. The van der Waals surface area contributed by atoms with Crippen LogP contribution >= 0.6 is 11.6 Å². The molecule has 2 aromatic carbocycles. The quantitative estimate of drug-likeness (QED) is 0.623. The topological polar surface area (TPSA) is 46.9 Å². The van der Waals surface area contributed by atoms with Gasteiger partial charge in [-0.2, -0.15) is 5.10 Å². The van der Waals surface area contributed by atoms with Gasteiger partial charge in [-0.05, 0) is 42.7 Å². The van der Waals surface area contributed by atoms with Gasteiger partial charge in [-0.1, -0.05) is 55.8 Å². The molecule has 1 unspecified atom stereocenters. The van der Waals surface area contributed by atoms with E-state index in [0.29, 0.717) is 29.4 Å². The number of amides is 1. The van der Waals surface area contributed by atoms with Crippen LogP contribution in [0.15, 0.2) is 54.6 Å². The van der Waals surface area contributed by atoms with Crippen molar-refractivity contribution < 1.29 is 9.18 Å². The maximum atomic E-state index is 13.2. The Morgan fingerprint density at radius 2 is 1.79 bits per heavy atom. The first-order valence-corrected chi connectivity index (χ1v) is 9.60. The Morgan fingerprint density at radius 1 is 1.14 bits per heavy atom. The van der Waals surface area contributed by atoms with Crippen molar-refractivity contribution >= 4 is 17.5 Å². The molecule has 0 saturated heterocycles. The lowest BCUT2D eigenvalue weighted by Crippen LogP contribution is -2.30. The average Bonchev–Trinajstić information content (AvgIpc) is 2.97. The van der Waals surface area contributed by atoms with Crippen LogP contribution in [-0.2, 0) is 0 Å². The number of nitrogens with zero attached hydrogens (tertiary/aromatic N) is 2. The van der Waals surface area contributed by atoms with E-state index >= 15 is 0 Å². The second kappa shape index (κ2) is 8.57. The standard InChI is InChI=1S/C22H23ClFN3O/c1-14(2)19(16-7-5-4-6-8-16)13-25-22(28)20-15(3)26-27(21(20)23)18-11-9-17(24)10-12-18/h4-12,14,19H,13H2,1-3H3,(H,25,28). The van der Waals surface area contributed by atoms with Crippen LogP contribution in [0.4, 0.5) is 4.39 Å². The Balaban J connectivity index is 1.80. The summed E-state index contributed by atoms with van der Waals surface area (Å²) in [5.41, 5.74) is 2.63. The molecule has 28 heavy (non-hydrogen) atoms. The molecule has 1 amide bonds. The van der Waals surface area contributed by atoms with Crippen LogP contribution in [0.5, 0.6) is 0 Å². The van der Waals surface area contributed by atoms with Crippen molar-refractivity contribution in [3.63, 3.8) is 0 Å². The molecule has 4 nitrogen and oxygen atoms in total. The maximum Gasteiger partial charge on any atom is 0.256 e. The minimum absolute atomic E-state index is 0.191. The van der Waals surface area contributed by atoms with Crippen molar-refractivity contribution in [1.82, 2.24) is 15.1 Å². The summed E-state index contributed by atoms with van der Waals surface area (Å²) in [6.07, 6.45) is 0. The van der Waals surface area contributed by atoms with E-state index in [1.807, 2.05) is 18.2 Å².